The molecule has 0 spiro atoms. The Labute approximate surface area is 173 Å². The molecule has 29 heavy (non-hydrogen) atoms. The van der Waals surface area contributed by atoms with Crippen molar-refractivity contribution in [1.29, 1.82) is 5.26 Å². The van der Waals surface area contributed by atoms with Crippen LogP contribution in [0.2, 0.25) is 0 Å². The first-order chi connectivity index (χ1) is 14.1. The number of nitrogens with zero attached hydrogens (tertiary/aromatic N) is 1. The third kappa shape index (κ3) is 4.83. The fourth-order valence-corrected chi connectivity index (χ4v) is 3.54. The maximum atomic E-state index is 8.89. The summed E-state index contributed by atoms with van der Waals surface area (Å²) in [5, 5.41) is 12.5. The molecular weight excluding hydrogens is 352 g/mol. The molecule has 0 amide bonds. The van der Waals surface area contributed by atoms with E-state index in [-0.39, 0.29) is 6.04 Å². The summed E-state index contributed by atoms with van der Waals surface area (Å²) in [6.07, 6.45) is 2.56. The van der Waals surface area contributed by atoms with Gasteiger partial charge < -0.3 is 5.32 Å². The number of nitrogens with one attached hydrogen (secondary N) is 1. The summed E-state index contributed by atoms with van der Waals surface area (Å²) >= 11 is 0. The highest BCUT2D eigenvalue weighted by atomic mass is 14.9. The first-order valence-electron chi connectivity index (χ1n) is 9.83. The molecule has 1 unspecified atom stereocenters. The van der Waals surface area contributed by atoms with Crippen LogP contribution in [0.25, 0.3) is 5.57 Å². The van der Waals surface area contributed by atoms with Gasteiger partial charge in [0.15, 0.2) is 0 Å². The molecular formula is C27H26N2. The molecule has 144 valence electrons. The van der Waals surface area contributed by atoms with Crippen molar-refractivity contribution in [2.45, 2.75) is 26.3 Å². The van der Waals surface area contributed by atoms with E-state index in [2.05, 4.69) is 86.4 Å². The molecule has 0 saturated carbocycles. The van der Waals surface area contributed by atoms with E-state index >= 15 is 0 Å². The third-order valence-corrected chi connectivity index (χ3v) is 5.10. The smallest absolute Gasteiger partial charge is 0.0767 e. The topological polar surface area (TPSA) is 35.8 Å². The second kappa shape index (κ2) is 9.57. The number of anilines is 1. The van der Waals surface area contributed by atoms with Crippen molar-refractivity contribution in [3.05, 3.63) is 119 Å². The average Bonchev–Trinajstić information content (AvgIpc) is 2.76. The first-order valence-corrected chi connectivity index (χ1v) is 9.83. The van der Waals surface area contributed by atoms with Crippen LogP contribution in [0.4, 0.5) is 5.69 Å². The quantitative estimate of drug-likeness (QED) is 0.455. The van der Waals surface area contributed by atoms with Crippen LogP contribution in [-0.4, -0.2) is 0 Å². The molecule has 0 radical (unpaired) electrons. The molecule has 0 heterocycles. The molecule has 0 aromatic heterocycles. The van der Waals surface area contributed by atoms with Gasteiger partial charge in [-0.1, -0.05) is 79.4 Å². The summed E-state index contributed by atoms with van der Waals surface area (Å²) in [5.41, 5.74) is 7.77. The minimum atomic E-state index is -0.0659. The van der Waals surface area contributed by atoms with Gasteiger partial charge in [-0.15, -0.1) is 0 Å². The highest BCUT2D eigenvalue weighted by Gasteiger charge is 2.19. The van der Waals surface area contributed by atoms with Crippen LogP contribution in [0.3, 0.4) is 0 Å². The average molecular weight is 379 g/mol. The van der Waals surface area contributed by atoms with Gasteiger partial charge in [-0.2, -0.15) is 5.26 Å². The maximum Gasteiger partial charge on any atom is 0.0767 e. The molecule has 2 heteroatoms. The van der Waals surface area contributed by atoms with Crippen molar-refractivity contribution in [2.24, 2.45) is 0 Å². The first kappa shape index (κ1) is 20.2. The number of benzene rings is 3. The Balaban J connectivity index is 1.96. The van der Waals surface area contributed by atoms with E-state index in [4.69, 9.17) is 5.26 Å². The predicted octanol–water partition coefficient (Wildman–Crippen LogP) is 6.87. The Morgan fingerprint density at radius 2 is 1.66 bits per heavy atom. The van der Waals surface area contributed by atoms with Gasteiger partial charge in [-0.25, -0.2) is 0 Å². The monoisotopic (exact) mass is 378 g/mol. The zero-order chi connectivity index (χ0) is 20.6. The summed E-state index contributed by atoms with van der Waals surface area (Å²) in [7, 11) is 0. The summed E-state index contributed by atoms with van der Waals surface area (Å²) in [6, 6.07) is 28.9. The molecule has 1 atom stereocenters. The van der Waals surface area contributed by atoms with Crippen molar-refractivity contribution in [2.75, 3.05) is 5.32 Å². The number of hydrogen-bond donors (Lipinski definition) is 1. The van der Waals surface area contributed by atoms with Crippen LogP contribution < -0.4 is 5.32 Å². The van der Waals surface area contributed by atoms with Gasteiger partial charge >= 0.3 is 0 Å². The van der Waals surface area contributed by atoms with Gasteiger partial charge in [-0.3, -0.25) is 0 Å². The van der Waals surface area contributed by atoms with E-state index < -0.39 is 0 Å². The molecule has 0 bridgehead atoms. The molecule has 3 aromatic rings. The van der Waals surface area contributed by atoms with E-state index in [1.807, 2.05) is 30.3 Å². The summed E-state index contributed by atoms with van der Waals surface area (Å²) in [5.74, 6) is 0. The maximum absolute atomic E-state index is 8.89. The Bertz CT molecular complexity index is 1040. The Kier molecular flexibility index (Phi) is 6.66. The van der Waals surface area contributed by atoms with E-state index in [0.29, 0.717) is 6.42 Å². The van der Waals surface area contributed by atoms with Crippen LogP contribution in [0.5, 0.6) is 0 Å². The number of nitriles is 1. The Morgan fingerprint density at radius 3 is 2.28 bits per heavy atom. The molecule has 0 aliphatic rings. The zero-order valence-electron chi connectivity index (χ0n) is 17.0. The largest absolute Gasteiger partial charge is 0.374 e. The van der Waals surface area contributed by atoms with Crippen molar-refractivity contribution in [3.63, 3.8) is 0 Å². The van der Waals surface area contributed by atoms with Crippen LogP contribution in [-0.2, 0) is 6.42 Å². The lowest BCUT2D eigenvalue weighted by Gasteiger charge is -2.25. The van der Waals surface area contributed by atoms with E-state index in [0.717, 1.165) is 28.0 Å². The standard InChI is InChI=1S/C27H26N2/c1-4-25(26-13-9-8-10-20(26)2)21(3)27(23-11-6-5-7-12-23)29-24-16-14-22(15-17-24)18-19-28/h4-17,27,29H,3,18H2,1-2H3/b25-4-. The van der Waals surface area contributed by atoms with Gasteiger partial charge in [0.25, 0.3) is 0 Å². The number of hydrogen-bond acceptors (Lipinski definition) is 2. The van der Waals surface area contributed by atoms with Gasteiger partial charge in [0.05, 0.1) is 18.5 Å². The van der Waals surface area contributed by atoms with Crippen LogP contribution in [0, 0.1) is 18.3 Å². The molecule has 3 aromatic carbocycles. The SMILES string of the molecule is C=C(/C(=C/C)c1ccccc1C)C(Nc1ccc(CC#N)cc1)c1ccccc1. The fraction of sp³-hybridized carbons (Fsp3) is 0.148. The summed E-state index contributed by atoms with van der Waals surface area (Å²) in [6.45, 7) is 8.68. The van der Waals surface area contributed by atoms with Crippen LogP contribution in [0.1, 0.15) is 35.2 Å². The van der Waals surface area contributed by atoms with Gasteiger partial charge in [0.2, 0.25) is 0 Å². The Hall–Kier alpha value is -3.57. The van der Waals surface area contributed by atoms with Gasteiger partial charge in [0.1, 0.15) is 0 Å². The predicted molar refractivity (Wildman–Crippen MR) is 123 cm³/mol. The Morgan fingerprint density at radius 1 is 1.00 bits per heavy atom. The summed E-state index contributed by atoms with van der Waals surface area (Å²) < 4.78 is 0. The lowest BCUT2D eigenvalue weighted by molar-refractivity contribution is 0.947. The van der Waals surface area contributed by atoms with Crippen LogP contribution >= 0.6 is 0 Å². The van der Waals surface area contributed by atoms with E-state index in [9.17, 15) is 0 Å². The molecule has 2 nitrogen and oxygen atoms in total. The van der Waals surface area contributed by atoms with Crippen molar-refractivity contribution < 1.29 is 0 Å². The molecule has 0 aliphatic carbocycles. The number of rotatable bonds is 7. The van der Waals surface area contributed by atoms with Crippen molar-refractivity contribution >= 4 is 11.3 Å². The lowest BCUT2D eigenvalue weighted by atomic mass is 9.88. The highest BCUT2D eigenvalue weighted by Crippen LogP contribution is 2.35. The zero-order valence-corrected chi connectivity index (χ0v) is 17.0. The van der Waals surface area contributed by atoms with Crippen molar-refractivity contribution in [3.8, 4) is 6.07 Å². The lowest BCUT2D eigenvalue weighted by Crippen LogP contribution is -2.14. The summed E-state index contributed by atoms with van der Waals surface area (Å²) in [4.78, 5) is 0. The number of allylic oxidation sites excluding steroid dienone is 1. The minimum Gasteiger partial charge on any atom is -0.374 e. The van der Waals surface area contributed by atoms with E-state index in [1.54, 1.807) is 0 Å². The second-order valence-corrected chi connectivity index (χ2v) is 7.06. The minimum absolute atomic E-state index is 0.0659. The molecule has 0 fully saturated rings. The molecule has 3 rings (SSSR count). The fourth-order valence-electron chi connectivity index (χ4n) is 3.54. The van der Waals surface area contributed by atoms with E-state index in [1.165, 1.54) is 11.1 Å². The van der Waals surface area contributed by atoms with Gasteiger partial charge in [0, 0.05) is 5.69 Å². The van der Waals surface area contributed by atoms with Crippen LogP contribution in [0.15, 0.2) is 97.1 Å². The third-order valence-electron chi connectivity index (χ3n) is 5.10. The van der Waals surface area contributed by atoms with Gasteiger partial charge in [-0.05, 0) is 59.4 Å². The second-order valence-electron chi connectivity index (χ2n) is 7.06. The highest BCUT2D eigenvalue weighted by molar-refractivity contribution is 5.82. The number of aryl methyl sites for hydroxylation is 1. The molecule has 0 saturated heterocycles. The normalized spacial score (nSPS) is 12.1. The molecule has 0 aliphatic heterocycles. The van der Waals surface area contributed by atoms with Crippen molar-refractivity contribution in [1.82, 2.24) is 0 Å². The molecule has 1 N–H and O–H groups in total.